The molecular formula is C20H21ClN2OS. The number of aliphatic imine (C=N–C) groups is 1. The second kappa shape index (κ2) is 9.44. The molecule has 0 saturated carbocycles. The molecule has 0 aliphatic carbocycles. The Hall–Kier alpha value is -2.04. The van der Waals surface area contributed by atoms with Gasteiger partial charge in [-0.15, -0.1) is 6.58 Å². The monoisotopic (exact) mass is 372 g/mol. The predicted molar refractivity (Wildman–Crippen MR) is 105 cm³/mol. The number of carbonyl (C=O) groups excluding carboxylic acids is 1. The molecule has 0 aliphatic heterocycles. The smallest absolute Gasteiger partial charge is 0.237 e. The van der Waals surface area contributed by atoms with E-state index in [-0.39, 0.29) is 5.78 Å². The molecular weight excluding hydrogens is 352 g/mol. The summed E-state index contributed by atoms with van der Waals surface area (Å²) >= 11 is 11.6. The fraction of sp³-hybridized carbons (Fsp3) is 0.250. The van der Waals surface area contributed by atoms with Crippen molar-refractivity contribution in [2.75, 3.05) is 6.54 Å². The highest BCUT2D eigenvalue weighted by Crippen LogP contribution is 2.20. The number of ketones is 1. The number of aryl methyl sites for hydroxylation is 1. The highest BCUT2D eigenvalue weighted by atomic mass is 35.5. The van der Waals surface area contributed by atoms with Gasteiger partial charge < -0.3 is 17.6 Å². The molecule has 0 unspecified atom stereocenters. The quantitative estimate of drug-likeness (QED) is 0.174. The zero-order chi connectivity index (χ0) is 18.2. The Morgan fingerprint density at radius 1 is 1.32 bits per heavy atom. The van der Waals surface area contributed by atoms with Crippen LogP contribution in [-0.2, 0) is 19.0 Å². The van der Waals surface area contributed by atoms with Crippen molar-refractivity contribution in [3.63, 3.8) is 0 Å². The van der Waals surface area contributed by atoms with E-state index in [9.17, 15) is 4.79 Å². The number of hydrogen-bond acceptors (Lipinski definition) is 3. The zero-order valence-electron chi connectivity index (χ0n) is 14.2. The average molecular weight is 373 g/mol. The lowest BCUT2D eigenvalue weighted by molar-refractivity contribution is -0.692. The fourth-order valence-corrected chi connectivity index (χ4v) is 3.05. The van der Waals surface area contributed by atoms with Crippen LogP contribution in [0.5, 0.6) is 0 Å². The van der Waals surface area contributed by atoms with E-state index in [0.29, 0.717) is 22.2 Å². The molecule has 0 saturated heterocycles. The number of nitrogens with zero attached hydrogens (tertiary/aromatic N) is 2. The van der Waals surface area contributed by atoms with Gasteiger partial charge in [0.05, 0.1) is 11.6 Å². The maximum atomic E-state index is 13.1. The minimum Gasteiger partial charge on any atom is -0.758 e. The van der Waals surface area contributed by atoms with Gasteiger partial charge in [0.2, 0.25) is 11.8 Å². The Labute approximate surface area is 159 Å². The van der Waals surface area contributed by atoms with Crippen LogP contribution in [0.25, 0.3) is 0 Å². The Morgan fingerprint density at radius 2 is 2.00 bits per heavy atom. The number of halogens is 1. The minimum atomic E-state index is -0.703. The summed E-state index contributed by atoms with van der Waals surface area (Å²) in [6.07, 6.45) is 7.47. The Balaban J connectivity index is 2.44. The van der Waals surface area contributed by atoms with Crippen LogP contribution in [-0.4, -0.2) is 17.4 Å². The van der Waals surface area contributed by atoms with E-state index in [2.05, 4.69) is 18.5 Å². The molecule has 0 fully saturated rings. The van der Waals surface area contributed by atoms with Crippen LogP contribution in [0.3, 0.4) is 0 Å². The maximum Gasteiger partial charge on any atom is 0.237 e. The van der Waals surface area contributed by atoms with Gasteiger partial charge in [0.1, 0.15) is 0 Å². The van der Waals surface area contributed by atoms with Crippen LogP contribution in [0, 0.1) is 0 Å². The van der Waals surface area contributed by atoms with Crippen molar-refractivity contribution in [3.05, 3.63) is 77.6 Å². The molecule has 0 bridgehead atoms. The van der Waals surface area contributed by atoms with Crippen LogP contribution in [0.15, 0.2) is 66.4 Å². The number of Topliss-reactive ketones (excluding diaryl/α,β-unsaturated/α-hetero) is 1. The molecule has 0 radical (unpaired) electrons. The lowest BCUT2D eigenvalue weighted by Gasteiger charge is -2.19. The van der Waals surface area contributed by atoms with Crippen molar-refractivity contribution in [3.8, 4) is 0 Å². The summed E-state index contributed by atoms with van der Waals surface area (Å²) in [5.74, 6) is -0.170. The van der Waals surface area contributed by atoms with Crippen molar-refractivity contribution in [2.45, 2.75) is 25.8 Å². The predicted octanol–water partition coefficient (Wildman–Crippen LogP) is 4.14. The van der Waals surface area contributed by atoms with Crippen LogP contribution in [0.4, 0.5) is 0 Å². The number of rotatable bonds is 8. The third-order valence-corrected chi connectivity index (χ3v) is 4.44. The van der Waals surface area contributed by atoms with Gasteiger partial charge in [-0.2, -0.15) is 4.57 Å². The third kappa shape index (κ3) is 4.97. The third-order valence-electron chi connectivity index (χ3n) is 3.76. The van der Waals surface area contributed by atoms with Gasteiger partial charge in [-0.25, -0.2) is 0 Å². The second-order valence-corrected chi connectivity index (χ2v) is 6.44. The van der Waals surface area contributed by atoms with Crippen molar-refractivity contribution in [2.24, 2.45) is 4.99 Å². The largest absolute Gasteiger partial charge is 0.758 e. The van der Waals surface area contributed by atoms with E-state index in [0.717, 1.165) is 12.8 Å². The summed E-state index contributed by atoms with van der Waals surface area (Å²) in [6, 6.07) is 10.3. The molecule has 25 heavy (non-hydrogen) atoms. The molecule has 130 valence electrons. The Kier molecular flexibility index (Phi) is 7.29. The first kappa shape index (κ1) is 19.3. The Morgan fingerprint density at radius 3 is 2.60 bits per heavy atom. The lowest BCUT2D eigenvalue weighted by atomic mass is 10.0. The first-order valence-corrected chi connectivity index (χ1v) is 8.97. The first-order chi connectivity index (χ1) is 12.1. The van der Waals surface area contributed by atoms with Crippen molar-refractivity contribution < 1.29 is 9.36 Å². The van der Waals surface area contributed by atoms with Gasteiger partial charge in [0.25, 0.3) is 0 Å². The Bertz CT molecular complexity index is 772. The second-order valence-electron chi connectivity index (χ2n) is 5.62. The van der Waals surface area contributed by atoms with Gasteiger partial charge in [-0.3, -0.25) is 4.79 Å². The van der Waals surface area contributed by atoms with Crippen LogP contribution in [0.1, 0.15) is 35.3 Å². The molecule has 1 aromatic heterocycles. The maximum absolute atomic E-state index is 13.1. The summed E-state index contributed by atoms with van der Waals surface area (Å²) in [7, 11) is 0. The van der Waals surface area contributed by atoms with Crippen molar-refractivity contribution >= 4 is 35.1 Å². The summed E-state index contributed by atoms with van der Waals surface area (Å²) in [6.45, 7) is 6.16. The molecule has 2 aromatic rings. The summed E-state index contributed by atoms with van der Waals surface area (Å²) < 4.78 is 1.79. The van der Waals surface area contributed by atoms with Gasteiger partial charge >= 0.3 is 0 Å². The van der Waals surface area contributed by atoms with Crippen LogP contribution in [0.2, 0.25) is 5.02 Å². The minimum absolute atomic E-state index is 0.170. The molecule has 1 heterocycles. The summed E-state index contributed by atoms with van der Waals surface area (Å²) in [5.41, 5.74) is 1.66. The molecule has 0 amide bonds. The van der Waals surface area contributed by atoms with Crippen molar-refractivity contribution in [1.82, 2.24) is 0 Å². The number of benzene rings is 1. The van der Waals surface area contributed by atoms with Gasteiger partial charge in [-0.05, 0) is 29.2 Å². The van der Waals surface area contributed by atoms with E-state index in [4.69, 9.17) is 24.2 Å². The van der Waals surface area contributed by atoms with Gasteiger partial charge in [0.15, 0.2) is 12.4 Å². The standard InChI is InChI=1S/C20H21ClN2OS/c1-3-7-15-10-13-23(14-11-15)18(20(25)22-12-4-2)19(24)16-8-5-6-9-17(16)21/h4-6,8-11,13-14,18H,2-3,7,12H2,1H3/t18-/m0/s1. The summed E-state index contributed by atoms with van der Waals surface area (Å²) in [4.78, 5) is 17.4. The SMILES string of the molecule is C=CCN=C([S-])[C@H](C(=O)c1ccccc1Cl)[n+]1ccc(CCC)cc1. The van der Waals surface area contributed by atoms with Crippen LogP contribution < -0.4 is 4.57 Å². The topological polar surface area (TPSA) is 33.3 Å². The molecule has 0 aliphatic rings. The van der Waals surface area contributed by atoms with E-state index < -0.39 is 6.04 Å². The number of hydrogen-bond donors (Lipinski definition) is 0. The lowest BCUT2D eigenvalue weighted by Crippen LogP contribution is -2.47. The van der Waals surface area contributed by atoms with E-state index in [1.54, 1.807) is 34.9 Å². The first-order valence-electron chi connectivity index (χ1n) is 8.19. The molecule has 3 nitrogen and oxygen atoms in total. The fourth-order valence-electron chi connectivity index (χ4n) is 2.52. The summed E-state index contributed by atoms with van der Waals surface area (Å²) in [5, 5.41) is 0.727. The van der Waals surface area contributed by atoms with E-state index in [1.165, 1.54) is 5.56 Å². The van der Waals surface area contributed by atoms with Gasteiger partial charge in [0, 0.05) is 17.7 Å². The highest BCUT2D eigenvalue weighted by molar-refractivity contribution is 7.77. The molecule has 1 aromatic carbocycles. The van der Waals surface area contributed by atoms with Gasteiger partial charge in [-0.1, -0.05) is 43.2 Å². The normalized spacial score (nSPS) is 12.6. The highest BCUT2D eigenvalue weighted by Gasteiger charge is 2.29. The average Bonchev–Trinajstić information content (AvgIpc) is 2.62. The van der Waals surface area contributed by atoms with Crippen LogP contribution >= 0.6 is 11.6 Å². The number of aromatic nitrogens is 1. The van der Waals surface area contributed by atoms with E-state index in [1.807, 2.05) is 24.5 Å². The molecule has 0 spiro atoms. The molecule has 1 atom stereocenters. The van der Waals surface area contributed by atoms with E-state index >= 15 is 0 Å². The van der Waals surface area contributed by atoms with Crippen molar-refractivity contribution in [1.29, 1.82) is 0 Å². The molecule has 2 rings (SSSR count). The number of carbonyl (C=O) groups is 1. The molecule has 5 heteroatoms. The number of pyridine rings is 1. The molecule has 0 N–H and O–H groups in total. The zero-order valence-corrected chi connectivity index (χ0v) is 15.8.